The highest BCUT2D eigenvalue weighted by molar-refractivity contribution is 5.75. The minimum Gasteiger partial charge on any atom is -0.391 e. The molecule has 1 amide bonds. The first-order valence-electron chi connectivity index (χ1n) is 8.47. The summed E-state index contributed by atoms with van der Waals surface area (Å²) in [7, 11) is 1.80. The van der Waals surface area contributed by atoms with Crippen LogP contribution in [0.5, 0.6) is 0 Å². The molecular formula is C17H24N6O2. The number of carbonyl (C=O) groups excluding carboxylic acids is 1. The quantitative estimate of drug-likeness (QED) is 0.676. The van der Waals surface area contributed by atoms with Crippen LogP contribution in [-0.2, 0) is 11.3 Å². The molecule has 0 radical (unpaired) electrons. The molecule has 0 aliphatic carbocycles. The Morgan fingerprint density at radius 2 is 2.16 bits per heavy atom. The largest absolute Gasteiger partial charge is 0.391 e. The Labute approximate surface area is 146 Å². The van der Waals surface area contributed by atoms with Crippen molar-refractivity contribution in [2.75, 3.05) is 30.4 Å². The Kier molecular flexibility index (Phi) is 5.49. The number of anilines is 2. The van der Waals surface area contributed by atoms with Crippen LogP contribution in [0.3, 0.4) is 0 Å². The van der Waals surface area contributed by atoms with Gasteiger partial charge in [0.25, 0.3) is 0 Å². The number of carbonyl (C=O) groups is 1. The molecule has 1 aliphatic rings. The lowest BCUT2D eigenvalue weighted by molar-refractivity contribution is -0.121. The maximum Gasteiger partial charge on any atom is 0.221 e. The molecule has 0 aromatic carbocycles. The van der Waals surface area contributed by atoms with Gasteiger partial charge in [-0.3, -0.25) is 4.79 Å². The van der Waals surface area contributed by atoms with Crippen molar-refractivity contribution in [3.05, 3.63) is 36.9 Å². The fourth-order valence-electron chi connectivity index (χ4n) is 3.08. The summed E-state index contributed by atoms with van der Waals surface area (Å²) in [6.07, 6.45) is 6.00. The van der Waals surface area contributed by atoms with E-state index >= 15 is 0 Å². The summed E-state index contributed by atoms with van der Waals surface area (Å²) in [6.45, 7) is 1.65. The number of aromatic nitrogens is 3. The SMILES string of the molecule is CNc1cc(N2C[C@H](O)C[C@@H]2CNC(=O)CCn2cccc2)ncn1. The van der Waals surface area contributed by atoms with Gasteiger partial charge >= 0.3 is 0 Å². The number of hydrogen-bond donors (Lipinski definition) is 3. The lowest BCUT2D eigenvalue weighted by Crippen LogP contribution is -2.40. The Hall–Kier alpha value is -2.61. The van der Waals surface area contributed by atoms with Crippen LogP contribution in [0.1, 0.15) is 12.8 Å². The lowest BCUT2D eigenvalue weighted by Gasteiger charge is -2.25. The predicted octanol–water partition coefficient (Wildman–Crippen LogP) is 0.466. The average Bonchev–Trinajstić information content (AvgIpc) is 3.27. The van der Waals surface area contributed by atoms with E-state index in [0.29, 0.717) is 32.5 Å². The second-order valence-electron chi connectivity index (χ2n) is 6.18. The number of aliphatic hydroxyl groups is 1. The van der Waals surface area contributed by atoms with Gasteiger partial charge in [0.1, 0.15) is 18.0 Å². The summed E-state index contributed by atoms with van der Waals surface area (Å²) in [5, 5.41) is 16.0. The zero-order valence-electron chi connectivity index (χ0n) is 14.3. The third-order valence-electron chi connectivity index (χ3n) is 4.39. The van der Waals surface area contributed by atoms with Gasteiger partial charge in [0.15, 0.2) is 0 Å². The molecule has 1 fully saturated rings. The predicted molar refractivity (Wildman–Crippen MR) is 95.4 cm³/mol. The number of amides is 1. The molecule has 1 aliphatic heterocycles. The standard InChI is InChI=1S/C17H24N6O2/c1-18-15-9-16(21-12-20-15)23-11-14(24)8-13(23)10-19-17(25)4-7-22-5-2-3-6-22/h2-3,5-6,9,12-14,24H,4,7-8,10-11H2,1H3,(H,19,25)(H,18,20,21)/t13-,14-/m1/s1. The number of aryl methyl sites for hydroxylation is 1. The summed E-state index contributed by atoms with van der Waals surface area (Å²) in [5.41, 5.74) is 0. The zero-order chi connectivity index (χ0) is 17.6. The van der Waals surface area contributed by atoms with Crippen LogP contribution in [0.15, 0.2) is 36.9 Å². The molecule has 0 bridgehead atoms. The number of hydrogen-bond acceptors (Lipinski definition) is 6. The van der Waals surface area contributed by atoms with Crippen LogP contribution in [0.25, 0.3) is 0 Å². The van der Waals surface area contributed by atoms with Crippen molar-refractivity contribution in [3.8, 4) is 0 Å². The molecule has 3 rings (SSSR count). The molecule has 2 aromatic rings. The van der Waals surface area contributed by atoms with Crippen LogP contribution in [-0.4, -0.2) is 57.8 Å². The van der Waals surface area contributed by atoms with Gasteiger partial charge in [0, 0.05) is 51.6 Å². The summed E-state index contributed by atoms with van der Waals surface area (Å²) >= 11 is 0. The molecule has 3 N–H and O–H groups in total. The molecule has 1 saturated heterocycles. The second-order valence-corrected chi connectivity index (χ2v) is 6.18. The molecule has 0 spiro atoms. The van der Waals surface area contributed by atoms with Crippen molar-refractivity contribution >= 4 is 17.5 Å². The fourth-order valence-corrected chi connectivity index (χ4v) is 3.08. The van der Waals surface area contributed by atoms with Crippen LogP contribution in [0.4, 0.5) is 11.6 Å². The van der Waals surface area contributed by atoms with Gasteiger partial charge < -0.3 is 25.2 Å². The van der Waals surface area contributed by atoms with E-state index < -0.39 is 6.10 Å². The van der Waals surface area contributed by atoms with Crippen LogP contribution < -0.4 is 15.5 Å². The van der Waals surface area contributed by atoms with Gasteiger partial charge in [-0.15, -0.1) is 0 Å². The molecule has 2 aromatic heterocycles. The fraction of sp³-hybridized carbons (Fsp3) is 0.471. The van der Waals surface area contributed by atoms with E-state index in [4.69, 9.17) is 0 Å². The highest BCUT2D eigenvalue weighted by atomic mass is 16.3. The number of rotatable bonds is 7. The Morgan fingerprint density at radius 3 is 2.92 bits per heavy atom. The van der Waals surface area contributed by atoms with Gasteiger partial charge in [-0.25, -0.2) is 9.97 Å². The van der Waals surface area contributed by atoms with Crippen molar-refractivity contribution in [2.24, 2.45) is 0 Å². The first kappa shape index (κ1) is 17.2. The molecule has 3 heterocycles. The topological polar surface area (TPSA) is 95.3 Å². The zero-order valence-corrected chi connectivity index (χ0v) is 14.3. The molecule has 2 atom stereocenters. The van der Waals surface area contributed by atoms with Crippen molar-refractivity contribution < 1.29 is 9.90 Å². The normalized spacial score (nSPS) is 19.8. The van der Waals surface area contributed by atoms with Gasteiger partial charge in [-0.1, -0.05) is 0 Å². The van der Waals surface area contributed by atoms with Crippen molar-refractivity contribution in [1.29, 1.82) is 0 Å². The molecule has 0 saturated carbocycles. The number of β-amino-alcohol motifs (C(OH)–C–C–N with tert-alkyl or cyclic N) is 1. The van der Waals surface area contributed by atoms with Gasteiger partial charge in [0.05, 0.1) is 12.1 Å². The van der Waals surface area contributed by atoms with E-state index in [1.807, 2.05) is 40.1 Å². The molecule has 134 valence electrons. The first-order valence-corrected chi connectivity index (χ1v) is 8.47. The minimum atomic E-state index is -0.422. The van der Waals surface area contributed by atoms with Crippen molar-refractivity contribution in [2.45, 2.75) is 31.5 Å². The van der Waals surface area contributed by atoms with E-state index in [0.717, 1.165) is 11.6 Å². The van der Waals surface area contributed by atoms with E-state index in [1.54, 1.807) is 7.05 Å². The second kappa shape index (κ2) is 7.98. The summed E-state index contributed by atoms with van der Waals surface area (Å²) < 4.78 is 1.98. The third-order valence-corrected chi connectivity index (χ3v) is 4.39. The summed E-state index contributed by atoms with van der Waals surface area (Å²) in [4.78, 5) is 22.5. The maximum absolute atomic E-state index is 12.1. The Balaban J connectivity index is 1.55. The van der Waals surface area contributed by atoms with Gasteiger partial charge in [0.2, 0.25) is 5.91 Å². The monoisotopic (exact) mass is 344 g/mol. The highest BCUT2D eigenvalue weighted by Gasteiger charge is 2.32. The summed E-state index contributed by atoms with van der Waals surface area (Å²) in [5.74, 6) is 1.48. The molecule has 8 heteroatoms. The van der Waals surface area contributed by atoms with Crippen LogP contribution in [0, 0.1) is 0 Å². The average molecular weight is 344 g/mol. The number of nitrogens with zero attached hydrogens (tertiary/aromatic N) is 4. The van der Waals surface area contributed by atoms with Gasteiger partial charge in [-0.05, 0) is 18.6 Å². The Bertz CT molecular complexity index is 690. The first-order chi connectivity index (χ1) is 12.2. The van der Waals surface area contributed by atoms with E-state index in [9.17, 15) is 9.90 Å². The third kappa shape index (κ3) is 4.48. The molecule has 25 heavy (non-hydrogen) atoms. The molecule has 0 unspecified atom stereocenters. The number of nitrogens with one attached hydrogen (secondary N) is 2. The minimum absolute atomic E-state index is 0.00800. The molecule has 8 nitrogen and oxygen atoms in total. The number of aliphatic hydroxyl groups excluding tert-OH is 1. The van der Waals surface area contributed by atoms with Crippen LogP contribution >= 0.6 is 0 Å². The van der Waals surface area contributed by atoms with Crippen molar-refractivity contribution in [3.63, 3.8) is 0 Å². The van der Waals surface area contributed by atoms with Crippen molar-refractivity contribution in [1.82, 2.24) is 19.9 Å². The highest BCUT2D eigenvalue weighted by Crippen LogP contribution is 2.24. The smallest absolute Gasteiger partial charge is 0.221 e. The van der Waals surface area contributed by atoms with Gasteiger partial charge in [-0.2, -0.15) is 0 Å². The maximum atomic E-state index is 12.1. The van der Waals surface area contributed by atoms with Crippen LogP contribution in [0.2, 0.25) is 0 Å². The Morgan fingerprint density at radius 1 is 1.36 bits per heavy atom. The van der Waals surface area contributed by atoms with E-state index in [-0.39, 0.29) is 11.9 Å². The van der Waals surface area contributed by atoms with E-state index in [1.165, 1.54) is 6.33 Å². The lowest BCUT2D eigenvalue weighted by atomic mass is 10.2. The molecular weight excluding hydrogens is 320 g/mol. The van der Waals surface area contributed by atoms with E-state index in [2.05, 4.69) is 20.6 Å². The summed E-state index contributed by atoms with van der Waals surface area (Å²) in [6, 6.07) is 5.75.